The molecule has 0 saturated carbocycles. The molecular weight excluding hydrogens is 136 g/mol. The molecule has 0 N–H and O–H groups in total. The van der Waals surface area contributed by atoms with Crippen LogP contribution in [0, 0.1) is 0 Å². The highest BCUT2D eigenvalue weighted by Crippen LogP contribution is 1.98. The van der Waals surface area contributed by atoms with Gasteiger partial charge in [-0.15, -0.1) is 0 Å². The maximum absolute atomic E-state index is 9.45. The lowest BCUT2D eigenvalue weighted by molar-refractivity contribution is 0.568. The SMILES string of the molecule is O=C=C=CSC=C=C=O. The van der Waals surface area contributed by atoms with Crippen molar-refractivity contribution in [3.63, 3.8) is 0 Å². The van der Waals surface area contributed by atoms with E-state index >= 15 is 0 Å². The molecule has 0 bridgehead atoms. The third-order valence-electron chi connectivity index (χ3n) is 0.372. The van der Waals surface area contributed by atoms with Crippen LogP contribution in [0.3, 0.4) is 0 Å². The van der Waals surface area contributed by atoms with Crippen LogP contribution in [0.5, 0.6) is 0 Å². The number of rotatable bonds is 2. The van der Waals surface area contributed by atoms with Crippen LogP contribution in [-0.4, -0.2) is 11.9 Å². The molecule has 0 saturated heterocycles. The van der Waals surface area contributed by atoms with E-state index in [1.807, 2.05) is 0 Å². The molecule has 0 radical (unpaired) electrons. The van der Waals surface area contributed by atoms with Crippen molar-refractivity contribution >= 4 is 23.6 Å². The topological polar surface area (TPSA) is 34.1 Å². The Labute approximate surface area is 56.3 Å². The summed E-state index contributed by atoms with van der Waals surface area (Å²) in [5, 5.41) is 2.72. The molecule has 0 spiro atoms. The maximum Gasteiger partial charge on any atom is 0.177 e. The van der Waals surface area contributed by atoms with Gasteiger partial charge in [-0.3, -0.25) is 0 Å². The summed E-state index contributed by atoms with van der Waals surface area (Å²) < 4.78 is 0. The molecule has 0 rings (SSSR count). The second kappa shape index (κ2) is 6.81. The Balaban J connectivity index is 3.80. The third kappa shape index (κ3) is 6.81. The minimum absolute atomic E-state index is 1.11. The zero-order valence-electron chi connectivity index (χ0n) is 4.38. The number of hydrogen-bond donors (Lipinski definition) is 0. The van der Waals surface area contributed by atoms with Gasteiger partial charge in [0.05, 0.1) is 0 Å². The Morgan fingerprint density at radius 3 is 1.78 bits per heavy atom. The van der Waals surface area contributed by atoms with E-state index in [4.69, 9.17) is 0 Å². The van der Waals surface area contributed by atoms with Crippen molar-refractivity contribution in [1.82, 2.24) is 0 Å². The molecule has 9 heavy (non-hydrogen) atoms. The predicted octanol–water partition coefficient (Wildman–Crippen LogP) is 0.720. The highest BCUT2D eigenvalue weighted by molar-refractivity contribution is 8.04. The summed E-state index contributed by atoms with van der Waals surface area (Å²) in [5.41, 5.74) is 4.28. The molecule has 0 fully saturated rings. The average Bonchev–Trinajstić information content (AvgIpc) is 1.89. The van der Waals surface area contributed by atoms with Gasteiger partial charge in [0.15, 0.2) is 11.9 Å². The number of hydrogen-bond acceptors (Lipinski definition) is 3. The molecule has 2 nitrogen and oxygen atoms in total. The van der Waals surface area contributed by atoms with Gasteiger partial charge < -0.3 is 0 Å². The van der Waals surface area contributed by atoms with Gasteiger partial charge in [-0.1, -0.05) is 11.8 Å². The molecule has 0 aromatic rings. The van der Waals surface area contributed by atoms with E-state index in [2.05, 4.69) is 11.5 Å². The summed E-state index contributed by atoms with van der Waals surface area (Å²) in [5.74, 6) is 2.84. The Bertz CT molecular complexity index is 206. The first-order valence-corrected chi connectivity index (χ1v) is 2.90. The van der Waals surface area contributed by atoms with Gasteiger partial charge in [-0.2, -0.15) is 0 Å². The molecule has 0 aromatic carbocycles. The fourth-order valence-electron chi connectivity index (χ4n) is 0.150. The third-order valence-corrected chi connectivity index (χ3v) is 0.880. The van der Waals surface area contributed by atoms with E-state index in [0.29, 0.717) is 0 Å². The van der Waals surface area contributed by atoms with Gasteiger partial charge in [-0.05, 0) is 11.5 Å². The Morgan fingerprint density at radius 2 is 1.44 bits per heavy atom. The number of thioether (sulfide) groups is 1. The molecule has 0 atom stereocenters. The maximum atomic E-state index is 9.45. The van der Waals surface area contributed by atoms with E-state index in [9.17, 15) is 9.59 Å². The smallest absolute Gasteiger partial charge is 0.177 e. The van der Waals surface area contributed by atoms with E-state index < -0.39 is 0 Å². The van der Waals surface area contributed by atoms with Crippen LogP contribution in [0.2, 0.25) is 0 Å². The molecule has 3 heteroatoms. The fourth-order valence-corrected chi connectivity index (χ4v) is 0.451. The Kier molecular flexibility index (Phi) is 5.91. The summed E-state index contributed by atoms with van der Waals surface area (Å²) in [4.78, 5) is 18.9. The molecule has 0 amide bonds. The number of carbonyl (C=O) groups excluding carboxylic acids is 2. The van der Waals surface area contributed by atoms with Crippen molar-refractivity contribution in [1.29, 1.82) is 0 Å². The van der Waals surface area contributed by atoms with Crippen LogP contribution in [0.4, 0.5) is 0 Å². The van der Waals surface area contributed by atoms with Crippen LogP contribution in [-0.2, 0) is 9.59 Å². The fraction of sp³-hybridized carbons (Fsp3) is 0. The second-order valence-corrected chi connectivity index (χ2v) is 1.61. The lowest BCUT2D eigenvalue weighted by atomic mass is 11.0. The summed E-state index contributed by atoms with van der Waals surface area (Å²) >= 11 is 1.11. The zero-order chi connectivity index (χ0) is 6.95. The van der Waals surface area contributed by atoms with Crippen molar-refractivity contribution in [3.05, 3.63) is 22.3 Å². The quantitative estimate of drug-likeness (QED) is 0.416. The molecule has 44 valence electrons. The summed E-state index contributed by atoms with van der Waals surface area (Å²) in [6.45, 7) is 0. The lowest BCUT2D eigenvalue weighted by Gasteiger charge is -1.64. The summed E-state index contributed by atoms with van der Waals surface area (Å²) in [7, 11) is 0. The van der Waals surface area contributed by atoms with Crippen LogP contribution < -0.4 is 0 Å². The van der Waals surface area contributed by atoms with Gasteiger partial charge in [0, 0.05) is 10.8 Å². The predicted molar refractivity (Wildman–Crippen MR) is 35.1 cm³/mol. The summed E-state index contributed by atoms with van der Waals surface area (Å²) in [6, 6.07) is 0. The van der Waals surface area contributed by atoms with Crippen molar-refractivity contribution < 1.29 is 9.59 Å². The van der Waals surface area contributed by atoms with Crippen molar-refractivity contribution in [2.24, 2.45) is 0 Å². The van der Waals surface area contributed by atoms with Crippen molar-refractivity contribution in [2.75, 3.05) is 0 Å². The molecular formula is C6H2O2S. The van der Waals surface area contributed by atoms with E-state index in [1.54, 1.807) is 0 Å². The van der Waals surface area contributed by atoms with Crippen LogP contribution in [0.25, 0.3) is 0 Å². The first-order chi connectivity index (χ1) is 4.41. The van der Waals surface area contributed by atoms with Gasteiger partial charge in [-0.25, -0.2) is 9.59 Å². The lowest BCUT2D eigenvalue weighted by Crippen LogP contribution is -1.40. The summed E-state index contributed by atoms with van der Waals surface area (Å²) in [6.07, 6.45) is 0. The molecule has 0 unspecified atom stereocenters. The second-order valence-electron chi connectivity index (χ2n) is 0.865. The van der Waals surface area contributed by atoms with Gasteiger partial charge in [0.25, 0.3) is 0 Å². The van der Waals surface area contributed by atoms with Gasteiger partial charge in [0.1, 0.15) is 0 Å². The van der Waals surface area contributed by atoms with Crippen molar-refractivity contribution in [3.8, 4) is 0 Å². The normalized spacial score (nSPS) is 5.33. The monoisotopic (exact) mass is 138 g/mol. The van der Waals surface area contributed by atoms with Crippen LogP contribution >= 0.6 is 11.8 Å². The molecule has 0 aliphatic heterocycles. The largest absolute Gasteiger partial charge is 0.224 e. The van der Waals surface area contributed by atoms with E-state index in [0.717, 1.165) is 11.8 Å². The zero-order valence-corrected chi connectivity index (χ0v) is 5.20. The highest BCUT2D eigenvalue weighted by Gasteiger charge is 1.62. The van der Waals surface area contributed by atoms with Crippen LogP contribution in [0.15, 0.2) is 22.3 Å². The average molecular weight is 138 g/mol. The highest BCUT2D eigenvalue weighted by atomic mass is 32.2. The Morgan fingerprint density at radius 1 is 1.00 bits per heavy atom. The minimum atomic E-state index is 1.11. The minimum Gasteiger partial charge on any atom is -0.224 e. The standard InChI is InChI=1S/C6H2O2S/c7-3-1-5-9-6-2-4-8/h5-6H. The molecule has 0 aliphatic rings. The van der Waals surface area contributed by atoms with Gasteiger partial charge in [0.2, 0.25) is 0 Å². The van der Waals surface area contributed by atoms with E-state index in [1.165, 1.54) is 22.7 Å². The van der Waals surface area contributed by atoms with Gasteiger partial charge >= 0.3 is 0 Å². The first kappa shape index (κ1) is 7.81. The molecule has 0 heterocycles. The Hall–Kier alpha value is -1.19. The first-order valence-electron chi connectivity index (χ1n) is 1.96. The van der Waals surface area contributed by atoms with Crippen LogP contribution in [0.1, 0.15) is 0 Å². The molecule has 0 aromatic heterocycles. The molecule has 0 aliphatic carbocycles. The van der Waals surface area contributed by atoms with E-state index in [-0.39, 0.29) is 0 Å². The van der Waals surface area contributed by atoms with Crippen molar-refractivity contribution in [2.45, 2.75) is 0 Å².